The minimum absolute atomic E-state index is 0.0899. The molecule has 0 saturated carbocycles. The van der Waals surface area contributed by atoms with Gasteiger partial charge in [0.05, 0.1) is 29.5 Å². The number of aromatic nitrogens is 1. The molecule has 1 aromatic heterocycles. The number of rotatable bonds is 6. The Morgan fingerprint density at radius 2 is 1.91 bits per heavy atom. The summed E-state index contributed by atoms with van der Waals surface area (Å²) in [7, 11) is 0. The van der Waals surface area contributed by atoms with Gasteiger partial charge in [-0.1, -0.05) is 12.1 Å². The van der Waals surface area contributed by atoms with Crippen molar-refractivity contribution in [2.24, 2.45) is 0 Å². The Kier molecular flexibility index (Phi) is 6.05. The van der Waals surface area contributed by atoms with Crippen molar-refractivity contribution < 1.29 is 19.0 Å². The van der Waals surface area contributed by atoms with E-state index in [2.05, 4.69) is 4.98 Å². The van der Waals surface area contributed by atoms with Crippen LogP contribution in [0.3, 0.4) is 0 Å². The van der Waals surface area contributed by atoms with Crippen LogP contribution in [0.4, 0.5) is 4.39 Å². The Balaban J connectivity index is 1.46. The van der Waals surface area contributed by atoms with Crippen LogP contribution in [0.1, 0.15) is 34.8 Å². The van der Waals surface area contributed by atoms with Gasteiger partial charge >= 0.3 is 5.97 Å². The first-order valence-electron chi connectivity index (χ1n) is 10.1. The highest BCUT2D eigenvalue weighted by molar-refractivity contribution is 7.11. The molecule has 1 aliphatic rings. The number of nitrogens with zero attached hydrogens (tertiary/aromatic N) is 2. The van der Waals surface area contributed by atoms with Crippen molar-refractivity contribution in [2.45, 2.75) is 26.5 Å². The molecule has 0 bridgehead atoms. The third-order valence-electron chi connectivity index (χ3n) is 4.95. The second-order valence-corrected chi connectivity index (χ2v) is 8.58. The van der Waals surface area contributed by atoms with E-state index in [0.717, 1.165) is 11.1 Å². The third kappa shape index (κ3) is 4.55. The van der Waals surface area contributed by atoms with Crippen molar-refractivity contribution in [3.8, 4) is 11.3 Å². The van der Waals surface area contributed by atoms with Crippen molar-refractivity contribution in [2.75, 3.05) is 6.54 Å². The van der Waals surface area contributed by atoms with Crippen LogP contribution in [0.15, 0.2) is 59.7 Å². The Morgan fingerprint density at radius 3 is 2.56 bits per heavy atom. The summed E-state index contributed by atoms with van der Waals surface area (Å²) in [5.41, 5.74) is 3.21. The van der Waals surface area contributed by atoms with Crippen LogP contribution >= 0.6 is 11.3 Å². The second kappa shape index (κ2) is 8.92. The predicted molar refractivity (Wildman–Crippen MR) is 122 cm³/mol. The number of thiazole rings is 1. The number of aliphatic hydroxyl groups is 1. The molecular weight excluding hydrogens is 429 g/mol. The molecule has 0 fully saturated rings. The second-order valence-electron chi connectivity index (χ2n) is 7.72. The molecule has 0 unspecified atom stereocenters. The number of benzene rings is 2. The molecule has 0 radical (unpaired) electrons. The first-order valence-corrected chi connectivity index (χ1v) is 11.0. The van der Waals surface area contributed by atoms with Crippen LogP contribution in [0.25, 0.3) is 16.8 Å². The van der Waals surface area contributed by atoms with Gasteiger partial charge in [-0.2, -0.15) is 0 Å². The largest absolute Gasteiger partial charge is 0.510 e. The highest BCUT2D eigenvalue weighted by Crippen LogP contribution is 2.33. The monoisotopic (exact) mass is 451 g/mol. The summed E-state index contributed by atoms with van der Waals surface area (Å²) >= 11 is 1.33. The molecule has 0 amide bonds. The molecule has 6 nitrogen and oxygen atoms in total. The number of nitrogens with one attached hydrogen (secondary N) is 1. The predicted octanol–water partition coefficient (Wildman–Crippen LogP) is 5.28. The summed E-state index contributed by atoms with van der Waals surface area (Å²) < 4.78 is 18.4. The van der Waals surface area contributed by atoms with Crippen LogP contribution in [-0.4, -0.2) is 39.4 Å². The van der Waals surface area contributed by atoms with Gasteiger partial charge < -0.3 is 14.7 Å². The Labute approximate surface area is 189 Å². The first kappa shape index (κ1) is 21.7. The molecule has 2 aromatic carbocycles. The highest BCUT2D eigenvalue weighted by atomic mass is 32.1. The third-order valence-corrected chi connectivity index (χ3v) is 5.81. The summed E-state index contributed by atoms with van der Waals surface area (Å²) in [6.07, 6.45) is -0.186. The van der Waals surface area contributed by atoms with Gasteiger partial charge in [0.1, 0.15) is 22.4 Å². The van der Waals surface area contributed by atoms with E-state index >= 15 is 0 Å². The minimum atomic E-state index is -0.372. The first-order chi connectivity index (χ1) is 15.3. The minimum Gasteiger partial charge on any atom is -0.510 e. The molecular formula is C24H22FN3O3S. The van der Waals surface area contributed by atoms with Gasteiger partial charge in [-0.25, -0.2) is 14.2 Å². The van der Waals surface area contributed by atoms with Crippen LogP contribution in [-0.2, 0) is 11.3 Å². The van der Waals surface area contributed by atoms with E-state index in [9.17, 15) is 14.3 Å². The van der Waals surface area contributed by atoms with Gasteiger partial charge in [0.15, 0.2) is 0 Å². The Bertz CT molecular complexity index is 1180. The van der Waals surface area contributed by atoms with Crippen LogP contribution < -0.4 is 0 Å². The molecule has 164 valence electrons. The molecule has 2 heterocycles. The SMILES string of the molecule is CC(C)OC(=O)c1ccc(CN2CC(O)=C(c3nc(-c4ccc(F)cc4)cs3)C2=N)cc1. The summed E-state index contributed by atoms with van der Waals surface area (Å²) in [4.78, 5) is 18.3. The standard InChI is InChI=1S/C24H22FN3O3S/c1-14(2)31-24(30)17-5-3-15(4-6-17)11-28-12-20(29)21(22(28)26)23-27-19(13-32-23)16-7-9-18(25)10-8-16/h3-10,13-14,26,29H,11-12H2,1-2H3. The normalized spacial score (nSPS) is 13.9. The van der Waals surface area contributed by atoms with Crippen molar-refractivity contribution in [3.63, 3.8) is 0 Å². The molecule has 4 rings (SSSR count). The molecule has 1 aliphatic heterocycles. The topological polar surface area (TPSA) is 86.5 Å². The number of esters is 1. The zero-order valence-electron chi connectivity index (χ0n) is 17.6. The maximum atomic E-state index is 13.2. The van der Waals surface area contributed by atoms with Crippen molar-refractivity contribution in [3.05, 3.63) is 81.6 Å². The maximum Gasteiger partial charge on any atom is 0.338 e. The molecule has 2 N–H and O–H groups in total. The molecule has 0 saturated heterocycles. The molecule has 32 heavy (non-hydrogen) atoms. The van der Waals surface area contributed by atoms with Gasteiger partial charge in [-0.3, -0.25) is 5.41 Å². The number of carbonyl (C=O) groups excluding carboxylic acids is 1. The van der Waals surface area contributed by atoms with Crippen molar-refractivity contribution >= 4 is 28.7 Å². The summed E-state index contributed by atoms with van der Waals surface area (Å²) in [5.74, 6) is -0.414. The van der Waals surface area contributed by atoms with Crippen molar-refractivity contribution in [1.29, 1.82) is 5.41 Å². The number of hydrogen-bond acceptors (Lipinski definition) is 6. The Morgan fingerprint density at radius 1 is 1.22 bits per heavy atom. The van der Waals surface area contributed by atoms with Crippen LogP contribution in [0, 0.1) is 11.2 Å². The number of hydrogen-bond donors (Lipinski definition) is 2. The lowest BCUT2D eigenvalue weighted by Crippen LogP contribution is -2.26. The Hall–Kier alpha value is -3.52. The average molecular weight is 452 g/mol. The van der Waals surface area contributed by atoms with Gasteiger partial charge in [0, 0.05) is 17.5 Å². The number of halogens is 1. The number of aliphatic hydroxyl groups excluding tert-OH is 1. The zero-order valence-corrected chi connectivity index (χ0v) is 18.4. The highest BCUT2D eigenvalue weighted by Gasteiger charge is 2.30. The fourth-order valence-corrected chi connectivity index (χ4v) is 4.28. The van der Waals surface area contributed by atoms with Gasteiger partial charge in [0.25, 0.3) is 0 Å². The lowest BCUT2D eigenvalue weighted by molar-refractivity contribution is 0.0378. The van der Waals surface area contributed by atoms with E-state index in [1.807, 2.05) is 17.5 Å². The quantitative estimate of drug-likeness (QED) is 0.498. The number of carbonyl (C=O) groups is 1. The van der Waals surface area contributed by atoms with E-state index < -0.39 is 0 Å². The summed E-state index contributed by atoms with van der Waals surface area (Å²) in [6.45, 7) is 4.21. The lowest BCUT2D eigenvalue weighted by atomic mass is 10.1. The molecule has 3 aromatic rings. The van der Waals surface area contributed by atoms with Gasteiger partial charge in [0.2, 0.25) is 0 Å². The molecule has 8 heteroatoms. The van der Waals surface area contributed by atoms with E-state index in [0.29, 0.717) is 28.4 Å². The van der Waals surface area contributed by atoms with Gasteiger partial charge in [-0.15, -0.1) is 11.3 Å². The van der Waals surface area contributed by atoms with E-state index in [-0.39, 0.29) is 36.0 Å². The maximum absolute atomic E-state index is 13.2. The fraction of sp³-hybridized carbons (Fsp3) is 0.208. The zero-order chi connectivity index (χ0) is 22.8. The molecule has 0 spiro atoms. The average Bonchev–Trinajstić information content (AvgIpc) is 3.33. The van der Waals surface area contributed by atoms with Gasteiger partial charge in [-0.05, 0) is 55.8 Å². The smallest absolute Gasteiger partial charge is 0.338 e. The number of amidine groups is 1. The fourth-order valence-electron chi connectivity index (χ4n) is 3.38. The van der Waals surface area contributed by atoms with E-state index in [4.69, 9.17) is 10.1 Å². The van der Waals surface area contributed by atoms with E-state index in [1.165, 1.54) is 23.5 Å². The number of ether oxygens (including phenoxy) is 1. The lowest BCUT2D eigenvalue weighted by Gasteiger charge is -2.18. The van der Waals surface area contributed by atoms with Crippen molar-refractivity contribution in [1.82, 2.24) is 9.88 Å². The van der Waals surface area contributed by atoms with E-state index in [1.54, 1.807) is 43.0 Å². The van der Waals surface area contributed by atoms with Crippen LogP contribution in [0.2, 0.25) is 0 Å². The summed E-state index contributed by atoms with van der Waals surface area (Å²) in [6, 6.07) is 13.1. The summed E-state index contributed by atoms with van der Waals surface area (Å²) in [5, 5.41) is 21.5. The van der Waals surface area contributed by atoms with Crippen LogP contribution in [0.5, 0.6) is 0 Å². The molecule has 0 atom stereocenters. The molecule has 0 aliphatic carbocycles.